The van der Waals surface area contributed by atoms with E-state index in [2.05, 4.69) is 18.7 Å². The van der Waals surface area contributed by atoms with Gasteiger partial charge in [0.25, 0.3) is 0 Å². The maximum atomic E-state index is 5.87. The summed E-state index contributed by atoms with van der Waals surface area (Å²) in [6.45, 7) is 7.33. The highest BCUT2D eigenvalue weighted by Gasteiger charge is 2.36. The third-order valence-corrected chi connectivity index (χ3v) is 3.18. The van der Waals surface area contributed by atoms with E-state index in [4.69, 9.17) is 14.9 Å². The Balaban J connectivity index is 2.20. The van der Waals surface area contributed by atoms with Crippen LogP contribution in [0.1, 0.15) is 25.6 Å². The molecule has 0 aromatic carbocycles. The second-order valence-corrected chi connectivity index (χ2v) is 4.83. The molecule has 0 spiro atoms. The number of ether oxygens (including phenoxy) is 1. The lowest BCUT2D eigenvalue weighted by atomic mass is 9.98. The van der Waals surface area contributed by atoms with Crippen LogP contribution >= 0.6 is 0 Å². The van der Waals surface area contributed by atoms with E-state index in [1.807, 2.05) is 12.1 Å². The van der Waals surface area contributed by atoms with E-state index < -0.39 is 0 Å². The molecule has 1 saturated heterocycles. The number of morpholine rings is 1. The van der Waals surface area contributed by atoms with Gasteiger partial charge in [0.1, 0.15) is 5.76 Å². The van der Waals surface area contributed by atoms with Crippen LogP contribution in [0, 0.1) is 0 Å². The Morgan fingerprint density at radius 3 is 2.94 bits per heavy atom. The molecule has 1 unspecified atom stereocenters. The minimum atomic E-state index is 0.00900. The number of hydrogen-bond acceptors (Lipinski definition) is 4. The first-order chi connectivity index (χ1) is 7.65. The SMILES string of the molecule is CC1(C)COCCN1C(CN)c1ccco1. The molecule has 1 aromatic rings. The van der Waals surface area contributed by atoms with Gasteiger partial charge in [-0.1, -0.05) is 0 Å². The third kappa shape index (κ3) is 2.14. The molecule has 2 heterocycles. The molecule has 0 amide bonds. The van der Waals surface area contributed by atoms with E-state index in [0.717, 1.165) is 25.5 Å². The summed E-state index contributed by atoms with van der Waals surface area (Å²) in [5.74, 6) is 0.942. The Hall–Kier alpha value is -0.840. The fourth-order valence-electron chi connectivity index (χ4n) is 2.33. The van der Waals surface area contributed by atoms with Gasteiger partial charge in [0.2, 0.25) is 0 Å². The number of nitrogens with two attached hydrogens (primary N) is 1. The zero-order valence-electron chi connectivity index (χ0n) is 9.98. The lowest BCUT2D eigenvalue weighted by Gasteiger charge is -2.45. The van der Waals surface area contributed by atoms with Gasteiger partial charge in [-0.25, -0.2) is 0 Å². The summed E-state index contributed by atoms with van der Waals surface area (Å²) in [4.78, 5) is 2.37. The molecule has 2 rings (SSSR count). The first-order valence-electron chi connectivity index (χ1n) is 5.73. The number of rotatable bonds is 3. The van der Waals surface area contributed by atoms with Crippen molar-refractivity contribution in [3.63, 3.8) is 0 Å². The van der Waals surface area contributed by atoms with Crippen LogP contribution in [-0.4, -0.2) is 36.7 Å². The van der Waals surface area contributed by atoms with E-state index in [1.165, 1.54) is 0 Å². The first kappa shape index (κ1) is 11.6. The zero-order valence-corrected chi connectivity index (χ0v) is 9.98. The van der Waals surface area contributed by atoms with Crippen LogP contribution < -0.4 is 5.73 Å². The van der Waals surface area contributed by atoms with E-state index in [1.54, 1.807) is 6.26 Å². The third-order valence-electron chi connectivity index (χ3n) is 3.18. The molecule has 16 heavy (non-hydrogen) atoms. The quantitative estimate of drug-likeness (QED) is 0.843. The average molecular weight is 224 g/mol. The van der Waals surface area contributed by atoms with E-state index in [0.29, 0.717) is 6.54 Å². The lowest BCUT2D eigenvalue weighted by molar-refractivity contribution is -0.0746. The standard InChI is InChI=1S/C12H20N2O2/c1-12(2)9-15-7-5-14(12)10(8-13)11-4-3-6-16-11/h3-4,6,10H,5,7-9,13H2,1-2H3. The van der Waals surface area contributed by atoms with Crippen LogP contribution in [-0.2, 0) is 4.74 Å². The molecule has 1 fully saturated rings. The maximum absolute atomic E-state index is 5.87. The smallest absolute Gasteiger partial charge is 0.122 e. The largest absolute Gasteiger partial charge is 0.468 e. The molecule has 0 bridgehead atoms. The number of hydrogen-bond donors (Lipinski definition) is 1. The van der Waals surface area contributed by atoms with Crippen molar-refractivity contribution in [1.29, 1.82) is 0 Å². The number of furan rings is 1. The van der Waals surface area contributed by atoms with Crippen LogP contribution in [0.25, 0.3) is 0 Å². The molecule has 1 atom stereocenters. The normalized spacial score (nSPS) is 23.2. The molecular weight excluding hydrogens is 204 g/mol. The maximum Gasteiger partial charge on any atom is 0.122 e. The van der Waals surface area contributed by atoms with Crippen molar-refractivity contribution in [1.82, 2.24) is 4.90 Å². The second kappa shape index (κ2) is 4.57. The lowest BCUT2D eigenvalue weighted by Crippen LogP contribution is -2.55. The topological polar surface area (TPSA) is 51.6 Å². The summed E-state index contributed by atoms with van der Waals surface area (Å²) in [6.07, 6.45) is 1.70. The molecule has 1 aromatic heterocycles. The highest BCUT2D eigenvalue weighted by molar-refractivity contribution is 5.07. The highest BCUT2D eigenvalue weighted by atomic mass is 16.5. The molecule has 1 aliphatic rings. The first-order valence-corrected chi connectivity index (χ1v) is 5.73. The molecule has 4 nitrogen and oxygen atoms in total. The molecule has 1 aliphatic heterocycles. The van der Waals surface area contributed by atoms with Crippen LogP contribution in [0.4, 0.5) is 0 Å². The summed E-state index contributed by atoms with van der Waals surface area (Å²) in [5.41, 5.74) is 5.88. The Bertz CT molecular complexity index is 322. The van der Waals surface area contributed by atoms with Gasteiger partial charge in [-0.15, -0.1) is 0 Å². The Kier molecular flexibility index (Phi) is 3.33. The molecule has 0 aliphatic carbocycles. The van der Waals surface area contributed by atoms with Crippen molar-refractivity contribution < 1.29 is 9.15 Å². The fraction of sp³-hybridized carbons (Fsp3) is 0.667. The van der Waals surface area contributed by atoms with Gasteiger partial charge >= 0.3 is 0 Å². The van der Waals surface area contributed by atoms with Gasteiger partial charge in [0, 0.05) is 18.6 Å². The van der Waals surface area contributed by atoms with E-state index in [-0.39, 0.29) is 11.6 Å². The minimum Gasteiger partial charge on any atom is -0.468 e. The number of nitrogens with zero attached hydrogens (tertiary/aromatic N) is 1. The molecule has 4 heteroatoms. The van der Waals surface area contributed by atoms with Gasteiger partial charge in [-0.2, -0.15) is 0 Å². The summed E-state index contributed by atoms with van der Waals surface area (Å²) >= 11 is 0. The van der Waals surface area contributed by atoms with Crippen molar-refractivity contribution in [3.05, 3.63) is 24.2 Å². The molecule has 0 radical (unpaired) electrons. The van der Waals surface area contributed by atoms with Crippen LogP contribution in [0.5, 0.6) is 0 Å². The van der Waals surface area contributed by atoms with E-state index >= 15 is 0 Å². The second-order valence-electron chi connectivity index (χ2n) is 4.83. The van der Waals surface area contributed by atoms with Gasteiger partial charge in [-0.05, 0) is 26.0 Å². The van der Waals surface area contributed by atoms with Crippen molar-refractivity contribution >= 4 is 0 Å². The summed E-state index contributed by atoms with van der Waals surface area (Å²) in [7, 11) is 0. The Morgan fingerprint density at radius 1 is 1.56 bits per heavy atom. The van der Waals surface area contributed by atoms with Gasteiger partial charge in [0.15, 0.2) is 0 Å². The predicted molar refractivity (Wildman–Crippen MR) is 62.1 cm³/mol. The highest BCUT2D eigenvalue weighted by Crippen LogP contribution is 2.30. The molecule has 90 valence electrons. The molecule has 2 N–H and O–H groups in total. The van der Waals surface area contributed by atoms with Gasteiger partial charge < -0.3 is 14.9 Å². The van der Waals surface area contributed by atoms with Gasteiger partial charge in [-0.3, -0.25) is 4.90 Å². The summed E-state index contributed by atoms with van der Waals surface area (Å²) in [5, 5.41) is 0. The monoisotopic (exact) mass is 224 g/mol. The average Bonchev–Trinajstić information content (AvgIpc) is 2.75. The summed E-state index contributed by atoms with van der Waals surface area (Å²) in [6, 6.07) is 4.04. The molecule has 0 saturated carbocycles. The van der Waals surface area contributed by atoms with Crippen molar-refractivity contribution in [3.8, 4) is 0 Å². The summed E-state index contributed by atoms with van der Waals surface area (Å²) < 4.78 is 11.0. The van der Waals surface area contributed by atoms with E-state index in [9.17, 15) is 0 Å². The van der Waals surface area contributed by atoms with Crippen molar-refractivity contribution in [2.24, 2.45) is 5.73 Å². The van der Waals surface area contributed by atoms with Crippen molar-refractivity contribution in [2.75, 3.05) is 26.3 Å². The Morgan fingerprint density at radius 2 is 2.38 bits per heavy atom. The van der Waals surface area contributed by atoms with Gasteiger partial charge in [0.05, 0.1) is 25.5 Å². The Labute approximate surface area is 96.4 Å². The van der Waals surface area contributed by atoms with Crippen molar-refractivity contribution in [2.45, 2.75) is 25.4 Å². The van der Waals surface area contributed by atoms with Crippen LogP contribution in [0.2, 0.25) is 0 Å². The zero-order chi connectivity index (χ0) is 11.6. The minimum absolute atomic E-state index is 0.00900. The van der Waals surface area contributed by atoms with Crippen LogP contribution in [0.15, 0.2) is 22.8 Å². The van der Waals surface area contributed by atoms with Crippen LogP contribution in [0.3, 0.4) is 0 Å². The molecular formula is C12H20N2O2. The predicted octanol–water partition coefficient (Wildman–Crippen LogP) is 1.39. The fourth-order valence-corrected chi connectivity index (χ4v) is 2.33.